The van der Waals surface area contributed by atoms with Gasteiger partial charge >= 0.3 is 0 Å². The summed E-state index contributed by atoms with van der Waals surface area (Å²) >= 11 is 0. The zero-order chi connectivity index (χ0) is 9.84. The lowest BCUT2D eigenvalue weighted by Gasteiger charge is -2.06. The molecule has 13 heavy (non-hydrogen) atoms. The molecule has 0 aliphatic rings. The highest BCUT2D eigenvalue weighted by Gasteiger charge is 2.01. The first-order valence-electron chi connectivity index (χ1n) is 4.38. The van der Waals surface area contributed by atoms with E-state index >= 15 is 0 Å². The van der Waals surface area contributed by atoms with E-state index in [0.717, 1.165) is 5.69 Å². The topological polar surface area (TPSA) is 12.4 Å². The Kier molecular flexibility index (Phi) is 3.02. The van der Waals surface area contributed by atoms with Crippen LogP contribution in [0.1, 0.15) is 16.7 Å². The van der Waals surface area contributed by atoms with Crippen molar-refractivity contribution in [1.82, 2.24) is 0 Å². The van der Waals surface area contributed by atoms with Gasteiger partial charge in [-0.15, -0.1) is 0 Å². The highest BCUT2D eigenvalue weighted by atomic mass is 14.7. The molecule has 0 amide bonds. The van der Waals surface area contributed by atoms with E-state index in [1.807, 2.05) is 0 Å². The van der Waals surface area contributed by atoms with Gasteiger partial charge < -0.3 is 0 Å². The molecule has 0 spiro atoms. The number of aliphatic imine (C=N–C) groups is 1. The number of allylic oxidation sites excluding steroid dienone is 1. The highest BCUT2D eigenvalue weighted by Crippen LogP contribution is 2.25. The second-order valence-electron chi connectivity index (χ2n) is 3.19. The van der Waals surface area contributed by atoms with Crippen molar-refractivity contribution < 1.29 is 0 Å². The second kappa shape index (κ2) is 4.04. The molecule has 0 heterocycles. The van der Waals surface area contributed by atoms with Crippen LogP contribution in [0.15, 0.2) is 29.8 Å². The largest absolute Gasteiger partial charge is 0.256 e. The summed E-state index contributed by atoms with van der Waals surface area (Å²) in [6, 6.07) is 4.22. The quantitative estimate of drug-likeness (QED) is 0.607. The number of hydrogen-bond donors (Lipinski definition) is 0. The zero-order valence-electron chi connectivity index (χ0n) is 8.46. The van der Waals surface area contributed by atoms with Crippen LogP contribution in [0.3, 0.4) is 0 Å². The van der Waals surface area contributed by atoms with Crippen LogP contribution in [0.5, 0.6) is 0 Å². The summed E-state index contributed by atoms with van der Waals surface area (Å²) < 4.78 is 0. The molecule has 68 valence electrons. The molecule has 1 nitrogen and oxygen atoms in total. The molecule has 0 aliphatic heterocycles. The van der Waals surface area contributed by atoms with E-state index in [0.29, 0.717) is 0 Å². The molecule has 0 aromatic heterocycles. The van der Waals surface area contributed by atoms with E-state index in [9.17, 15) is 0 Å². The van der Waals surface area contributed by atoms with Crippen LogP contribution < -0.4 is 0 Å². The first-order chi connectivity index (χ1) is 6.16. The van der Waals surface area contributed by atoms with Gasteiger partial charge in [-0.3, -0.25) is 4.99 Å². The van der Waals surface area contributed by atoms with Crippen molar-refractivity contribution in [2.45, 2.75) is 20.8 Å². The van der Waals surface area contributed by atoms with Crippen molar-refractivity contribution in [3.8, 4) is 0 Å². The van der Waals surface area contributed by atoms with Gasteiger partial charge in [0.05, 0.1) is 5.69 Å². The Hall–Kier alpha value is -1.37. The monoisotopic (exact) mass is 173 g/mol. The van der Waals surface area contributed by atoms with E-state index in [-0.39, 0.29) is 0 Å². The standard InChI is InChI=1S/C12H15N/c1-5-8-13-12-10(3)7-6-9(2)11(12)4/h5-8H,1H2,2-4H3. The molecule has 0 aliphatic carbocycles. The molecule has 1 rings (SSSR count). The predicted molar refractivity (Wildman–Crippen MR) is 59.0 cm³/mol. The van der Waals surface area contributed by atoms with Crippen LogP contribution in [0.25, 0.3) is 0 Å². The van der Waals surface area contributed by atoms with Gasteiger partial charge in [-0.25, -0.2) is 0 Å². The van der Waals surface area contributed by atoms with E-state index in [2.05, 4.69) is 44.5 Å². The third-order valence-electron chi connectivity index (χ3n) is 2.21. The van der Waals surface area contributed by atoms with Crippen molar-refractivity contribution >= 4 is 11.9 Å². The summed E-state index contributed by atoms with van der Waals surface area (Å²) in [4.78, 5) is 4.34. The molecule has 0 unspecified atom stereocenters. The first-order valence-corrected chi connectivity index (χ1v) is 4.38. The van der Waals surface area contributed by atoms with Gasteiger partial charge in [-0.2, -0.15) is 0 Å². The van der Waals surface area contributed by atoms with Gasteiger partial charge in [0.2, 0.25) is 0 Å². The number of aryl methyl sites for hydroxylation is 2. The maximum Gasteiger partial charge on any atom is 0.0690 e. The van der Waals surface area contributed by atoms with Crippen molar-refractivity contribution in [3.63, 3.8) is 0 Å². The van der Waals surface area contributed by atoms with Gasteiger partial charge in [0.25, 0.3) is 0 Å². The van der Waals surface area contributed by atoms with Crippen LogP contribution in [-0.4, -0.2) is 6.21 Å². The Morgan fingerprint density at radius 1 is 1.15 bits per heavy atom. The number of benzene rings is 1. The lowest BCUT2D eigenvalue weighted by molar-refractivity contribution is 1.27. The molecule has 1 aromatic carbocycles. The SMILES string of the molecule is C=CC=Nc1c(C)ccc(C)c1C. The maximum atomic E-state index is 4.34. The number of hydrogen-bond acceptors (Lipinski definition) is 1. The molecule has 0 fully saturated rings. The number of rotatable bonds is 2. The van der Waals surface area contributed by atoms with Crippen LogP contribution >= 0.6 is 0 Å². The van der Waals surface area contributed by atoms with Gasteiger partial charge in [-0.05, 0) is 37.5 Å². The summed E-state index contributed by atoms with van der Waals surface area (Å²) in [7, 11) is 0. The van der Waals surface area contributed by atoms with Gasteiger partial charge in [0, 0.05) is 6.21 Å². The molecule has 0 bridgehead atoms. The Morgan fingerprint density at radius 2 is 1.77 bits per heavy atom. The molecule has 0 saturated carbocycles. The van der Waals surface area contributed by atoms with Crippen LogP contribution in [0, 0.1) is 20.8 Å². The molecule has 0 radical (unpaired) electrons. The highest BCUT2D eigenvalue weighted by molar-refractivity contribution is 5.75. The van der Waals surface area contributed by atoms with Gasteiger partial charge in [-0.1, -0.05) is 24.8 Å². The Bertz CT molecular complexity index is 348. The molecule has 0 saturated heterocycles. The van der Waals surface area contributed by atoms with Gasteiger partial charge in [0.15, 0.2) is 0 Å². The normalized spacial score (nSPS) is 10.7. The Labute approximate surface area is 79.8 Å². The Morgan fingerprint density at radius 3 is 2.38 bits per heavy atom. The summed E-state index contributed by atoms with van der Waals surface area (Å²) in [5, 5.41) is 0. The van der Waals surface area contributed by atoms with Gasteiger partial charge in [0.1, 0.15) is 0 Å². The minimum atomic E-state index is 1.07. The Balaban J connectivity index is 3.25. The minimum absolute atomic E-state index is 1.07. The maximum absolute atomic E-state index is 4.34. The summed E-state index contributed by atoms with van der Waals surface area (Å²) in [5.74, 6) is 0. The lowest BCUT2D eigenvalue weighted by Crippen LogP contribution is -1.85. The van der Waals surface area contributed by atoms with Crippen molar-refractivity contribution in [1.29, 1.82) is 0 Å². The summed E-state index contributed by atoms with van der Waals surface area (Å²) in [6.45, 7) is 9.87. The molecule has 0 atom stereocenters. The fraction of sp³-hybridized carbons (Fsp3) is 0.250. The van der Waals surface area contributed by atoms with Crippen LogP contribution in [0.4, 0.5) is 5.69 Å². The summed E-state index contributed by atoms with van der Waals surface area (Å²) in [6.07, 6.45) is 3.43. The van der Waals surface area contributed by atoms with E-state index in [4.69, 9.17) is 0 Å². The van der Waals surface area contributed by atoms with E-state index in [1.54, 1.807) is 12.3 Å². The van der Waals surface area contributed by atoms with E-state index < -0.39 is 0 Å². The van der Waals surface area contributed by atoms with E-state index in [1.165, 1.54) is 16.7 Å². The lowest BCUT2D eigenvalue weighted by atomic mass is 10.0. The zero-order valence-corrected chi connectivity index (χ0v) is 8.46. The van der Waals surface area contributed by atoms with Crippen molar-refractivity contribution in [3.05, 3.63) is 41.5 Å². The number of nitrogens with zero attached hydrogens (tertiary/aromatic N) is 1. The molecular weight excluding hydrogens is 158 g/mol. The fourth-order valence-electron chi connectivity index (χ4n) is 1.26. The third kappa shape index (κ3) is 2.05. The second-order valence-corrected chi connectivity index (χ2v) is 3.19. The predicted octanol–water partition coefficient (Wildman–Crippen LogP) is 3.50. The fourth-order valence-corrected chi connectivity index (χ4v) is 1.26. The molecule has 1 heteroatoms. The molecule has 0 N–H and O–H groups in total. The van der Waals surface area contributed by atoms with Crippen molar-refractivity contribution in [2.75, 3.05) is 0 Å². The van der Waals surface area contributed by atoms with Crippen molar-refractivity contribution in [2.24, 2.45) is 4.99 Å². The first kappa shape index (κ1) is 9.72. The smallest absolute Gasteiger partial charge is 0.0690 e. The molecule has 1 aromatic rings. The van der Waals surface area contributed by atoms with Crippen LogP contribution in [0.2, 0.25) is 0 Å². The average molecular weight is 173 g/mol. The average Bonchev–Trinajstić information content (AvgIpc) is 2.12. The van der Waals surface area contributed by atoms with Crippen LogP contribution in [-0.2, 0) is 0 Å². The minimum Gasteiger partial charge on any atom is -0.256 e. The summed E-state index contributed by atoms with van der Waals surface area (Å²) in [5.41, 5.74) is 4.81. The third-order valence-corrected chi connectivity index (χ3v) is 2.21. The molecular formula is C12H15N.